The minimum atomic E-state index is -0.0442. The third kappa shape index (κ3) is 1.89. The molecule has 1 aliphatic rings. The van der Waals surface area contributed by atoms with E-state index in [1.807, 2.05) is 6.92 Å². The van der Waals surface area contributed by atoms with Crippen molar-refractivity contribution in [3.05, 3.63) is 11.7 Å². The number of nitrogens with zero attached hydrogens (tertiary/aromatic N) is 2. The van der Waals surface area contributed by atoms with E-state index in [1.165, 1.54) is 6.42 Å². The van der Waals surface area contributed by atoms with Crippen LogP contribution in [0.5, 0.6) is 0 Å². The minimum absolute atomic E-state index is 0.0442. The zero-order valence-electron chi connectivity index (χ0n) is 9.03. The summed E-state index contributed by atoms with van der Waals surface area (Å²) in [5.41, 5.74) is 5.71. The van der Waals surface area contributed by atoms with Crippen LogP contribution in [0.15, 0.2) is 4.52 Å². The molecule has 84 valence electrons. The van der Waals surface area contributed by atoms with Gasteiger partial charge in [0.05, 0.1) is 5.41 Å². The van der Waals surface area contributed by atoms with Gasteiger partial charge in [0.2, 0.25) is 5.89 Å². The van der Waals surface area contributed by atoms with Crippen molar-refractivity contribution in [2.45, 2.75) is 38.2 Å². The Balaban J connectivity index is 2.05. The second kappa shape index (κ2) is 4.28. The van der Waals surface area contributed by atoms with Crippen LogP contribution >= 0.6 is 0 Å². The van der Waals surface area contributed by atoms with E-state index in [2.05, 4.69) is 10.1 Å². The first-order valence-electron chi connectivity index (χ1n) is 5.41. The molecule has 1 aromatic heterocycles. The molecule has 5 nitrogen and oxygen atoms in total. The van der Waals surface area contributed by atoms with Gasteiger partial charge in [-0.05, 0) is 19.8 Å². The number of rotatable bonds is 5. The molecule has 1 aliphatic carbocycles. The van der Waals surface area contributed by atoms with Gasteiger partial charge in [-0.3, -0.25) is 0 Å². The Hall–Kier alpha value is -0.940. The van der Waals surface area contributed by atoms with Gasteiger partial charge in [0.15, 0.2) is 5.82 Å². The summed E-state index contributed by atoms with van der Waals surface area (Å²) in [6.45, 7) is 3.60. The maximum absolute atomic E-state index is 5.75. The topological polar surface area (TPSA) is 74.2 Å². The van der Waals surface area contributed by atoms with Gasteiger partial charge in [0.25, 0.3) is 0 Å². The molecule has 0 bridgehead atoms. The second-order valence-corrected chi connectivity index (χ2v) is 3.99. The van der Waals surface area contributed by atoms with E-state index < -0.39 is 0 Å². The van der Waals surface area contributed by atoms with Crippen molar-refractivity contribution in [2.24, 2.45) is 5.73 Å². The van der Waals surface area contributed by atoms with E-state index in [1.54, 1.807) is 0 Å². The minimum Gasteiger partial charge on any atom is -0.374 e. The lowest BCUT2D eigenvalue weighted by molar-refractivity contribution is 0.126. The molecule has 0 radical (unpaired) electrons. The summed E-state index contributed by atoms with van der Waals surface area (Å²) in [5.74, 6) is 1.30. The summed E-state index contributed by atoms with van der Waals surface area (Å²) in [5, 5.41) is 3.88. The number of ether oxygens (including phenoxy) is 1. The third-order valence-corrected chi connectivity index (χ3v) is 3.06. The standard InChI is InChI=1S/C10H17N3O2/c1-2-14-6-8-12-9(15-13-8)10(7-11)4-3-5-10/h2-7,11H2,1H3. The highest BCUT2D eigenvalue weighted by Gasteiger charge is 2.42. The fourth-order valence-electron chi connectivity index (χ4n) is 1.83. The third-order valence-electron chi connectivity index (χ3n) is 3.06. The Morgan fingerprint density at radius 1 is 1.53 bits per heavy atom. The summed E-state index contributed by atoms with van der Waals surface area (Å²) < 4.78 is 10.5. The van der Waals surface area contributed by atoms with E-state index in [9.17, 15) is 0 Å². The molecule has 1 fully saturated rings. The first-order valence-corrected chi connectivity index (χ1v) is 5.41. The zero-order valence-corrected chi connectivity index (χ0v) is 9.03. The summed E-state index contributed by atoms with van der Waals surface area (Å²) in [6.07, 6.45) is 3.31. The summed E-state index contributed by atoms with van der Waals surface area (Å²) in [7, 11) is 0. The fourth-order valence-corrected chi connectivity index (χ4v) is 1.83. The molecule has 0 aliphatic heterocycles. The summed E-state index contributed by atoms with van der Waals surface area (Å²) in [6, 6.07) is 0. The molecular formula is C10H17N3O2. The maximum atomic E-state index is 5.75. The lowest BCUT2D eigenvalue weighted by atomic mass is 9.69. The lowest BCUT2D eigenvalue weighted by Gasteiger charge is -2.36. The predicted molar refractivity (Wildman–Crippen MR) is 54.2 cm³/mol. The zero-order chi connectivity index (χ0) is 10.7. The van der Waals surface area contributed by atoms with Gasteiger partial charge < -0.3 is 15.0 Å². The van der Waals surface area contributed by atoms with Crippen LogP contribution in [-0.4, -0.2) is 23.3 Å². The molecule has 15 heavy (non-hydrogen) atoms. The van der Waals surface area contributed by atoms with E-state index >= 15 is 0 Å². The Labute approximate surface area is 89.0 Å². The van der Waals surface area contributed by atoms with Gasteiger partial charge in [-0.2, -0.15) is 4.98 Å². The Morgan fingerprint density at radius 3 is 2.87 bits per heavy atom. The van der Waals surface area contributed by atoms with Crippen LogP contribution in [0.4, 0.5) is 0 Å². The summed E-state index contributed by atoms with van der Waals surface area (Å²) in [4.78, 5) is 4.33. The SMILES string of the molecule is CCOCc1noc(C2(CN)CCC2)n1. The predicted octanol–water partition coefficient (Wildman–Crippen LogP) is 0.987. The molecule has 1 aromatic rings. The van der Waals surface area contributed by atoms with Crippen LogP contribution in [0.25, 0.3) is 0 Å². The lowest BCUT2D eigenvalue weighted by Crippen LogP contribution is -2.41. The van der Waals surface area contributed by atoms with Gasteiger partial charge in [0, 0.05) is 13.2 Å². The summed E-state index contributed by atoms with van der Waals surface area (Å²) >= 11 is 0. The van der Waals surface area contributed by atoms with Crippen molar-refractivity contribution in [1.82, 2.24) is 10.1 Å². The van der Waals surface area contributed by atoms with E-state index in [0.29, 0.717) is 31.5 Å². The quantitative estimate of drug-likeness (QED) is 0.786. The van der Waals surface area contributed by atoms with Crippen molar-refractivity contribution in [1.29, 1.82) is 0 Å². The molecular weight excluding hydrogens is 194 g/mol. The average Bonchev–Trinajstić information content (AvgIpc) is 2.63. The molecule has 0 spiro atoms. The molecule has 5 heteroatoms. The van der Waals surface area contributed by atoms with Crippen molar-refractivity contribution >= 4 is 0 Å². The van der Waals surface area contributed by atoms with Crippen molar-refractivity contribution in [3.63, 3.8) is 0 Å². The molecule has 0 atom stereocenters. The van der Waals surface area contributed by atoms with Crippen molar-refractivity contribution in [3.8, 4) is 0 Å². The molecule has 1 saturated carbocycles. The first-order chi connectivity index (χ1) is 7.30. The van der Waals surface area contributed by atoms with Crippen LogP contribution in [0.1, 0.15) is 37.9 Å². The Morgan fingerprint density at radius 2 is 2.33 bits per heavy atom. The van der Waals surface area contributed by atoms with Crippen molar-refractivity contribution < 1.29 is 9.26 Å². The van der Waals surface area contributed by atoms with Gasteiger partial charge >= 0.3 is 0 Å². The largest absolute Gasteiger partial charge is 0.374 e. The van der Waals surface area contributed by atoms with Crippen molar-refractivity contribution in [2.75, 3.05) is 13.2 Å². The number of nitrogens with two attached hydrogens (primary N) is 1. The van der Waals surface area contributed by atoms with Crippen LogP contribution in [0.3, 0.4) is 0 Å². The van der Waals surface area contributed by atoms with Crippen LogP contribution in [-0.2, 0) is 16.8 Å². The van der Waals surface area contributed by atoms with E-state index in [-0.39, 0.29) is 5.41 Å². The number of hydrogen-bond acceptors (Lipinski definition) is 5. The Kier molecular flexibility index (Phi) is 3.02. The van der Waals surface area contributed by atoms with Crippen LogP contribution in [0.2, 0.25) is 0 Å². The Bertz CT molecular complexity index is 315. The molecule has 0 saturated heterocycles. The highest BCUT2D eigenvalue weighted by Crippen LogP contribution is 2.41. The van der Waals surface area contributed by atoms with E-state index in [0.717, 1.165) is 12.8 Å². The van der Waals surface area contributed by atoms with Crippen LogP contribution in [0, 0.1) is 0 Å². The average molecular weight is 211 g/mol. The molecule has 0 aromatic carbocycles. The number of aromatic nitrogens is 2. The highest BCUT2D eigenvalue weighted by atomic mass is 16.5. The van der Waals surface area contributed by atoms with Crippen LogP contribution < -0.4 is 5.73 Å². The van der Waals surface area contributed by atoms with Gasteiger partial charge in [0.1, 0.15) is 6.61 Å². The van der Waals surface area contributed by atoms with Gasteiger partial charge in [-0.1, -0.05) is 11.6 Å². The van der Waals surface area contributed by atoms with E-state index in [4.69, 9.17) is 15.0 Å². The smallest absolute Gasteiger partial charge is 0.234 e. The molecule has 0 amide bonds. The number of hydrogen-bond donors (Lipinski definition) is 1. The first kappa shape index (κ1) is 10.6. The second-order valence-electron chi connectivity index (χ2n) is 3.99. The molecule has 2 N–H and O–H groups in total. The monoisotopic (exact) mass is 211 g/mol. The fraction of sp³-hybridized carbons (Fsp3) is 0.800. The molecule has 2 rings (SSSR count). The highest BCUT2D eigenvalue weighted by molar-refractivity contribution is 5.11. The normalized spacial score (nSPS) is 18.8. The maximum Gasteiger partial charge on any atom is 0.234 e. The van der Waals surface area contributed by atoms with Gasteiger partial charge in [-0.15, -0.1) is 0 Å². The molecule has 0 unspecified atom stereocenters. The molecule has 1 heterocycles. The van der Waals surface area contributed by atoms with Gasteiger partial charge in [-0.25, -0.2) is 0 Å².